The third kappa shape index (κ3) is 4.00. The van der Waals surface area contributed by atoms with Crippen molar-refractivity contribution < 1.29 is 0 Å². The highest BCUT2D eigenvalue weighted by Crippen LogP contribution is 2.57. The fraction of sp³-hybridized carbons (Fsp3) is 0.125. The summed E-state index contributed by atoms with van der Waals surface area (Å²) in [6.45, 7) is 9.54. The summed E-state index contributed by atoms with van der Waals surface area (Å²) in [7, 11) is 0. The van der Waals surface area contributed by atoms with Gasteiger partial charge in [0.15, 0.2) is 0 Å². The summed E-state index contributed by atoms with van der Waals surface area (Å²) in [5, 5.41) is 2.65. The molecule has 0 radical (unpaired) electrons. The molecule has 0 amide bonds. The van der Waals surface area contributed by atoms with Gasteiger partial charge in [0.25, 0.3) is 0 Å². The molecule has 0 saturated heterocycles. The van der Waals surface area contributed by atoms with E-state index in [1.807, 2.05) is 11.3 Å². The first-order valence-corrected chi connectivity index (χ1v) is 18.4. The van der Waals surface area contributed by atoms with Crippen LogP contribution in [0.1, 0.15) is 49.9 Å². The molecule has 0 N–H and O–H groups in total. The van der Waals surface area contributed by atoms with Crippen molar-refractivity contribution in [3.05, 3.63) is 174 Å². The van der Waals surface area contributed by atoms with Gasteiger partial charge in [-0.1, -0.05) is 143 Å². The molecule has 240 valence electrons. The van der Waals surface area contributed by atoms with Crippen molar-refractivity contribution in [1.29, 1.82) is 0 Å². The average Bonchev–Trinajstić information content (AvgIpc) is 3.72. The van der Waals surface area contributed by atoms with E-state index in [0.29, 0.717) is 0 Å². The van der Waals surface area contributed by atoms with Crippen molar-refractivity contribution in [3.63, 3.8) is 0 Å². The zero-order valence-electron chi connectivity index (χ0n) is 28.8. The van der Waals surface area contributed by atoms with Crippen LogP contribution in [-0.4, -0.2) is 0 Å². The Hall–Kier alpha value is -5.44. The second kappa shape index (κ2) is 10.5. The SMILES string of the molecule is CC1(C)c2ccccc2-c2ccc(N(c3ccccc3-c3cccc4sc5ccccc5c34)c3cccc4c3C(C)(C)c3ccccc3-4)cc21. The third-order valence-electron chi connectivity index (χ3n) is 11.5. The van der Waals surface area contributed by atoms with E-state index in [1.54, 1.807) is 0 Å². The molecule has 0 bridgehead atoms. The normalized spacial score (nSPS) is 14.7. The van der Waals surface area contributed by atoms with Crippen molar-refractivity contribution in [3.8, 4) is 33.4 Å². The van der Waals surface area contributed by atoms with E-state index in [4.69, 9.17) is 0 Å². The predicted molar refractivity (Wildman–Crippen MR) is 215 cm³/mol. The Morgan fingerprint density at radius 3 is 1.80 bits per heavy atom. The molecule has 8 aromatic rings. The largest absolute Gasteiger partial charge is 0.310 e. The van der Waals surface area contributed by atoms with Crippen LogP contribution in [0.4, 0.5) is 17.1 Å². The number of rotatable bonds is 4. The number of thiophene rings is 1. The maximum atomic E-state index is 2.56. The van der Waals surface area contributed by atoms with Crippen LogP contribution in [0.2, 0.25) is 0 Å². The molecular formula is C48H37NS. The number of anilines is 3. The number of fused-ring (bicyclic) bond motifs is 9. The second-order valence-electron chi connectivity index (χ2n) is 14.9. The van der Waals surface area contributed by atoms with Crippen LogP contribution in [0, 0.1) is 0 Å². The molecule has 0 saturated carbocycles. The van der Waals surface area contributed by atoms with Crippen molar-refractivity contribution in [2.45, 2.75) is 38.5 Å². The monoisotopic (exact) mass is 659 g/mol. The van der Waals surface area contributed by atoms with E-state index in [0.717, 1.165) is 0 Å². The Bertz CT molecular complexity index is 2670. The van der Waals surface area contributed by atoms with Crippen molar-refractivity contribution in [2.24, 2.45) is 0 Å². The highest BCUT2D eigenvalue weighted by atomic mass is 32.1. The van der Waals surface area contributed by atoms with Crippen LogP contribution in [0.5, 0.6) is 0 Å². The summed E-state index contributed by atoms with van der Waals surface area (Å²) < 4.78 is 2.64. The molecule has 0 aliphatic heterocycles. The van der Waals surface area contributed by atoms with Gasteiger partial charge in [-0.2, -0.15) is 0 Å². The van der Waals surface area contributed by atoms with Crippen molar-refractivity contribution in [1.82, 2.24) is 0 Å². The fourth-order valence-corrected chi connectivity index (χ4v) is 10.3. The van der Waals surface area contributed by atoms with E-state index in [-0.39, 0.29) is 10.8 Å². The zero-order valence-corrected chi connectivity index (χ0v) is 29.6. The van der Waals surface area contributed by atoms with Gasteiger partial charge in [0.2, 0.25) is 0 Å². The Morgan fingerprint density at radius 2 is 0.980 bits per heavy atom. The van der Waals surface area contributed by atoms with E-state index in [2.05, 4.69) is 184 Å². The van der Waals surface area contributed by atoms with E-state index >= 15 is 0 Å². The minimum Gasteiger partial charge on any atom is -0.310 e. The fourth-order valence-electron chi connectivity index (χ4n) is 9.14. The van der Waals surface area contributed by atoms with Crippen LogP contribution in [-0.2, 0) is 10.8 Å². The molecule has 50 heavy (non-hydrogen) atoms. The summed E-state index contributed by atoms with van der Waals surface area (Å²) in [6, 6.07) is 56.7. The minimum absolute atomic E-state index is 0.109. The highest BCUT2D eigenvalue weighted by Gasteiger charge is 2.40. The van der Waals surface area contributed by atoms with Crippen LogP contribution in [0.3, 0.4) is 0 Å². The lowest BCUT2D eigenvalue weighted by Crippen LogP contribution is -2.21. The summed E-state index contributed by atoms with van der Waals surface area (Å²) in [6.07, 6.45) is 0. The van der Waals surface area contributed by atoms with Crippen LogP contribution in [0.25, 0.3) is 53.6 Å². The molecule has 7 aromatic carbocycles. The van der Waals surface area contributed by atoms with Crippen molar-refractivity contribution in [2.75, 3.05) is 4.90 Å². The minimum atomic E-state index is -0.175. The first-order chi connectivity index (χ1) is 24.3. The van der Waals surface area contributed by atoms with Gasteiger partial charge in [-0.15, -0.1) is 11.3 Å². The molecule has 2 aliphatic carbocycles. The molecule has 2 aliphatic rings. The Kier molecular flexibility index (Phi) is 6.21. The lowest BCUT2D eigenvalue weighted by atomic mass is 9.80. The smallest absolute Gasteiger partial charge is 0.0540 e. The first-order valence-electron chi connectivity index (χ1n) is 17.6. The predicted octanol–water partition coefficient (Wildman–Crippen LogP) is 13.8. The van der Waals surface area contributed by atoms with Gasteiger partial charge < -0.3 is 4.90 Å². The second-order valence-corrected chi connectivity index (χ2v) is 16.0. The zero-order chi connectivity index (χ0) is 33.8. The maximum Gasteiger partial charge on any atom is 0.0540 e. The average molecular weight is 660 g/mol. The van der Waals surface area contributed by atoms with Crippen molar-refractivity contribution >= 4 is 48.6 Å². The molecule has 1 heterocycles. The first kappa shape index (κ1) is 29.5. The van der Waals surface area contributed by atoms with Gasteiger partial charge in [0.05, 0.1) is 11.4 Å². The molecule has 0 fully saturated rings. The van der Waals surface area contributed by atoms with Gasteiger partial charge in [-0.05, 0) is 86.5 Å². The molecule has 1 nitrogen and oxygen atoms in total. The summed E-state index contributed by atoms with van der Waals surface area (Å²) in [5.74, 6) is 0. The van der Waals surface area contributed by atoms with Crippen LogP contribution < -0.4 is 4.90 Å². The number of nitrogens with zero attached hydrogens (tertiary/aromatic N) is 1. The van der Waals surface area contributed by atoms with E-state index in [1.165, 1.54) is 92.9 Å². The standard InChI is InChI=1S/C48H37NS/c1-47(2)38-21-9-5-15-31(38)33-28-27-30(29-40(33)47)49(42-24-13-20-36-32-16-6-10-22-39(32)48(3,4)46(36)42)41-23-11-7-17-34(41)35-19-14-26-44-45(35)37-18-8-12-25-43(37)50-44/h5-29H,1-4H3. The molecule has 0 unspecified atom stereocenters. The van der Waals surface area contributed by atoms with Crippen LogP contribution >= 0.6 is 11.3 Å². The van der Waals surface area contributed by atoms with Gasteiger partial charge in [0.1, 0.15) is 0 Å². The Balaban J connectivity index is 1.27. The molecule has 0 atom stereocenters. The quantitative estimate of drug-likeness (QED) is 0.182. The number of para-hydroxylation sites is 1. The summed E-state index contributed by atoms with van der Waals surface area (Å²) in [4.78, 5) is 2.56. The third-order valence-corrected chi connectivity index (χ3v) is 12.6. The lowest BCUT2D eigenvalue weighted by Gasteiger charge is -2.34. The molecule has 1 aromatic heterocycles. The highest BCUT2D eigenvalue weighted by molar-refractivity contribution is 7.25. The van der Waals surface area contributed by atoms with E-state index < -0.39 is 0 Å². The Labute approximate surface area is 298 Å². The number of hydrogen-bond acceptors (Lipinski definition) is 2. The number of benzene rings is 7. The van der Waals surface area contributed by atoms with E-state index in [9.17, 15) is 0 Å². The topological polar surface area (TPSA) is 3.24 Å². The van der Waals surface area contributed by atoms with Gasteiger partial charge in [-0.3, -0.25) is 0 Å². The van der Waals surface area contributed by atoms with Crippen LogP contribution in [0.15, 0.2) is 152 Å². The molecule has 10 rings (SSSR count). The van der Waals surface area contributed by atoms with Gasteiger partial charge in [-0.25, -0.2) is 0 Å². The summed E-state index contributed by atoms with van der Waals surface area (Å²) >= 11 is 1.88. The Morgan fingerprint density at radius 1 is 0.420 bits per heavy atom. The molecular weight excluding hydrogens is 623 g/mol. The molecule has 0 spiro atoms. The maximum absolute atomic E-state index is 2.56. The summed E-state index contributed by atoms with van der Waals surface area (Å²) in [5.41, 5.74) is 16.7. The van der Waals surface area contributed by atoms with Gasteiger partial charge in [0, 0.05) is 42.3 Å². The molecule has 2 heteroatoms. The lowest BCUT2D eigenvalue weighted by molar-refractivity contribution is 0.658. The number of hydrogen-bond donors (Lipinski definition) is 0. The van der Waals surface area contributed by atoms with Gasteiger partial charge >= 0.3 is 0 Å².